The van der Waals surface area contributed by atoms with Crippen LogP contribution in [0.2, 0.25) is 0 Å². The van der Waals surface area contributed by atoms with Crippen LogP contribution in [-0.4, -0.2) is 19.2 Å². The number of fused-ring (bicyclic) bond motifs is 7. The summed E-state index contributed by atoms with van der Waals surface area (Å²) in [5.74, 6) is 1.44. The second-order valence-electron chi connectivity index (χ2n) is 5.80. The van der Waals surface area contributed by atoms with E-state index in [4.69, 9.17) is 0 Å². The van der Waals surface area contributed by atoms with Gasteiger partial charge in [0.25, 0.3) is 0 Å². The van der Waals surface area contributed by atoms with E-state index in [-0.39, 0.29) is 0 Å². The Bertz CT molecular complexity index is 715. The molecule has 0 heterocycles. The van der Waals surface area contributed by atoms with Crippen LogP contribution >= 0.6 is 0 Å². The molecule has 0 saturated heterocycles. The molecule has 0 radical (unpaired) electrons. The molecular formula is C17H17NO. The average molecular weight is 251 g/mol. The molecular weight excluding hydrogens is 234 g/mol. The van der Waals surface area contributed by atoms with Crippen molar-refractivity contribution in [2.45, 2.75) is 18.3 Å². The molecule has 2 heteroatoms. The van der Waals surface area contributed by atoms with E-state index >= 15 is 0 Å². The molecule has 2 unspecified atom stereocenters. The molecule has 2 aliphatic rings. The molecule has 2 bridgehead atoms. The van der Waals surface area contributed by atoms with Crippen molar-refractivity contribution >= 4 is 16.5 Å². The molecule has 4 rings (SSSR count). The normalized spacial score (nSPS) is 23.1. The van der Waals surface area contributed by atoms with Crippen LogP contribution < -0.4 is 4.90 Å². The van der Waals surface area contributed by atoms with Gasteiger partial charge in [-0.05, 0) is 22.9 Å². The van der Waals surface area contributed by atoms with Crippen LogP contribution in [0.4, 0.5) is 5.69 Å². The van der Waals surface area contributed by atoms with E-state index in [1.807, 2.05) is 26.2 Å². The standard InChI is InChI=1S/C17H17NO/c1-18(2)16-15-11-8-7-10(9-11)14(15)12-5-3-4-6-13(12)17(16)19/h3-8,10-11,19H,9H2,1-2H3. The molecule has 0 aromatic heterocycles. The van der Waals surface area contributed by atoms with Gasteiger partial charge < -0.3 is 10.0 Å². The van der Waals surface area contributed by atoms with Crippen LogP contribution in [0.25, 0.3) is 10.8 Å². The fourth-order valence-corrected chi connectivity index (χ4v) is 3.81. The third-order valence-corrected chi connectivity index (χ3v) is 4.51. The molecule has 0 spiro atoms. The lowest BCUT2D eigenvalue weighted by Crippen LogP contribution is -2.13. The van der Waals surface area contributed by atoms with Crippen molar-refractivity contribution in [3.05, 3.63) is 47.5 Å². The van der Waals surface area contributed by atoms with E-state index in [1.165, 1.54) is 22.9 Å². The number of hydrogen-bond acceptors (Lipinski definition) is 2. The number of anilines is 1. The van der Waals surface area contributed by atoms with E-state index < -0.39 is 0 Å². The number of nitrogens with zero attached hydrogens (tertiary/aromatic N) is 1. The summed E-state index contributed by atoms with van der Waals surface area (Å²) < 4.78 is 0. The Morgan fingerprint density at radius 2 is 1.63 bits per heavy atom. The van der Waals surface area contributed by atoms with Gasteiger partial charge in [-0.2, -0.15) is 0 Å². The smallest absolute Gasteiger partial charge is 0.146 e. The SMILES string of the molecule is CN(C)c1c2c(c3ccccc3c1O)C1C=CC2C1. The Hall–Kier alpha value is -1.96. The van der Waals surface area contributed by atoms with Gasteiger partial charge in [-0.25, -0.2) is 0 Å². The van der Waals surface area contributed by atoms with Crippen molar-refractivity contribution in [3.63, 3.8) is 0 Å². The molecule has 0 aliphatic heterocycles. The fraction of sp³-hybridized carbons (Fsp3) is 0.294. The minimum absolute atomic E-state index is 0.431. The minimum Gasteiger partial charge on any atom is -0.505 e. The van der Waals surface area contributed by atoms with Crippen molar-refractivity contribution in [3.8, 4) is 5.75 Å². The Morgan fingerprint density at radius 1 is 1.00 bits per heavy atom. The van der Waals surface area contributed by atoms with E-state index in [0.29, 0.717) is 17.6 Å². The zero-order valence-electron chi connectivity index (χ0n) is 11.2. The van der Waals surface area contributed by atoms with Gasteiger partial charge in [0, 0.05) is 31.3 Å². The fourth-order valence-electron chi connectivity index (χ4n) is 3.81. The summed E-state index contributed by atoms with van der Waals surface area (Å²) in [6, 6.07) is 8.22. The second-order valence-corrected chi connectivity index (χ2v) is 5.80. The van der Waals surface area contributed by atoms with Crippen LogP contribution in [0.5, 0.6) is 5.75 Å². The third kappa shape index (κ3) is 1.26. The molecule has 2 nitrogen and oxygen atoms in total. The highest BCUT2D eigenvalue weighted by Crippen LogP contribution is 2.57. The van der Waals surface area contributed by atoms with Gasteiger partial charge in [-0.1, -0.05) is 36.4 Å². The Labute approximate surface area is 113 Å². The van der Waals surface area contributed by atoms with E-state index in [9.17, 15) is 5.11 Å². The number of hydrogen-bond donors (Lipinski definition) is 1. The Morgan fingerprint density at radius 3 is 2.32 bits per heavy atom. The molecule has 96 valence electrons. The molecule has 0 fully saturated rings. The molecule has 2 aliphatic carbocycles. The zero-order chi connectivity index (χ0) is 13.1. The quantitative estimate of drug-likeness (QED) is 0.780. The third-order valence-electron chi connectivity index (χ3n) is 4.51. The number of rotatable bonds is 1. The molecule has 2 atom stereocenters. The minimum atomic E-state index is 0.431. The van der Waals surface area contributed by atoms with Crippen LogP contribution in [-0.2, 0) is 0 Å². The molecule has 19 heavy (non-hydrogen) atoms. The van der Waals surface area contributed by atoms with Crippen molar-refractivity contribution in [2.75, 3.05) is 19.0 Å². The number of benzene rings is 2. The number of phenolic OH excluding ortho intramolecular Hbond substituents is 1. The highest BCUT2D eigenvalue weighted by molar-refractivity contribution is 5.99. The highest BCUT2D eigenvalue weighted by Gasteiger charge is 2.38. The zero-order valence-corrected chi connectivity index (χ0v) is 11.2. The molecule has 2 aromatic rings. The topological polar surface area (TPSA) is 23.5 Å². The summed E-state index contributed by atoms with van der Waals surface area (Å²) in [5, 5.41) is 12.8. The van der Waals surface area contributed by atoms with Gasteiger partial charge in [-0.3, -0.25) is 0 Å². The van der Waals surface area contributed by atoms with E-state index in [1.54, 1.807) is 0 Å². The number of allylic oxidation sites excluding steroid dienone is 2. The van der Waals surface area contributed by atoms with Gasteiger partial charge in [0.2, 0.25) is 0 Å². The van der Waals surface area contributed by atoms with Gasteiger partial charge >= 0.3 is 0 Å². The van der Waals surface area contributed by atoms with Crippen LogP contribution in [0, 0.1) is 0 Å². The lowest BCUT2D eigenvalue weighted by molar-refractivity contribution is 0.481. The van der Waals surface area contributed by atoms with Crippen molar-refractivity contribution < 1.29 is 5.11 Å². The average Bonchev–Trinajstić information content (AvgIpc) is 3.00. The van der Waals surface area contributed by atoms with Gasteiger partial charge in [0.1, 0.15) is 5.75 Å². The summed E-state index contributed by atoms with van der Waals surface area (Å²) in [5.41, 5.74) is 3.78. The first kappa shape index (κ1) is 10.9. The molecule has 0 saturated carbocycles. The van der Waals surface area contributed by atoms with Gasteiger partial charge in [0.15, 0.2) is 0 Å². The molecule has 1 N–H and O–H groups in total. The maximum absolute atomic E-state index is 10.6. The number of aromatic hydroxyl groups is 1. The van der Waals surface area contributed by atoms with Crippen LogP contribution in [0.1, 0.15) is 29.4 Å². The predicted octanol–water partition coefficient (Wildman–Crippen LogP) is 3.75. The highest BCUT2D eigenvalue weighted by atomic mass is 16.3. The maximum Gasteiger partial charge on any atom is 0.146 e. The summed E-state index contributed by atoms with van der Waals surface area (Å²) in [4.78, 5) is 2.05. The second kappa shape index (κ2) is 3.53. The Balaban J connectivity index is 2.19. The van der Waals surface area contributed by atoms with Crippen LogP contribution in [0.15, 0.2) is 36.4 Å². The van der Waals surface area contributed by atoms with E-state index in [0.717, 1.165) is 11.1 Å². The molecule has 0 amide bonds. The van der Waals surface area contributed by atoms with Gasteiger partial charge in [-0.15, -0.1) is 0 Å². The summed E-state index contributed by atoms with van der Waals surface area (Å²) in [6.07, 6.45) is 5.80. The first-order chi connectivity index (χ1) is 9.18. The van der Waals surface area contributed by atoms with Crippen molar-refractivity contribution in [1.82, 2.24) is 0 Å². The lowest BCUT2D eigenvalue weighted by Gasteiger charge is -2.25. The lowest BCUT2D eigenvalue weighted by atomic mass is 9.89. The Kier molecular flexibility index (Phi) is 2.03. The first-order valence-electron chi connectivity index (χ1n) is 6.81. The monoisotopic (exact) mass is 251 g/mol. The van der Waals surface area contributed by atoms with E-state index in [2.05, 4.69) is 29.2 Å². The summed E-state index contributed by atoms with van der Waals surface area (Å²) in [6.45, 7) is 0. The molecule has 2 aromatic carbocycles. The van der Waals surface area contributed by atoms with Crippen molar-refractivity contribution in [2.24, 2.45) is 0 Å². The maximum atomic E-state index is 10.6. The summed E-state index contributed by atoms with van der Waals surface area (Å²) >= 11 is 0. The first-order valence-corrected chi connectivity index (χ1v) is 6.81. The largest absolute Gasteiger partial charge is 0.505 e. The predicted molar refractivity (Wildman–Crippen MR) is 79.2 cm³/mol. The number of phenols is 1. The summed E-state index contributed by atoms with van der Waals surface area (Å²) in [7, 11) is 4.03. The van der Waals surface area contributed by atoms with Crippen LogP contribution in [0.3, 0.4) is 0 Å². The van der Waals surface area contributed by atoms with Gasteiger partial charge in [0.05, 0.1) is 5.69 Å². The van der Waals surface area contributed by atoms with Crippen molar-refractivity contribution in [1.29, 1.82) is 0 Å².